The van der Waals surface area contributed by atoms with Crippen LogP contribution in [0.2, 0.25) is 0 Å². The zero-order valence-electron chi connectivity index (χ0n) is 15.4. The molecule has 27 heavy (non-hydrogen) atoms. The first kappa shape index (κ1) is 17.9. The molecular formula is C22H23ClN2O2. The van der Waals surface area contributed by atoms with Crippen LogP contribution in [-0.4, -0.2) is 30.7 Å². The highest BCUT2D eigenvalue weighted by atomic mass is 35.5. The lowest BCUT2D eigenvalue weighted by molar-refractivity contribution is 0.104. The quantitative estimate of drug-likeness (QED) is 0.762. The number of rotatable bonds is 1. The van der Waals surface area contributed by atoms with Gasteiger partial charge < -0.3 is 15.0 Å². The summed E-state index contributed by atoms with van der Waals surface area (Å²) in [6, 6.07) is 8.50. The molecule has 0 saturated carbocycles. The lowest BCUT2D eigenvalue weighted by atomic mass is 9.85. The van der Waals surface area contributed by atoms with E-state index >= 15 is 0 Å². The maximum Gasteiger partial charge on any atom is 0.409 e. The lowest BCUT2D eigenvalue weighted by Crippen LogP contribution is -2.37. The van der Waals surface area contributed by atoms with E-state index in [0.717, 1.165) is 25.1 Å². The van der Waals surface area contributed by atoms with Gasteiger partial charge in [-0.1, -0.05) is 47.5 Å². The van der Waals surface area contributed by atoms with Crippen LogP contribution >= 0.6 is 11.6 Å². The summed E-state index contributed by atoms with van der Waals surface area (Å²) >= 11 is 6.38. The van der Waals surface area contributed by atoms with Crippen molar-refractivity contribution < 1.29 is 9.53 Å². The zero-order valence-corrected chi connectivity index (χ0v) is 16.2. The molecular weight excluding hydrogens is 360 g/mol. The first-order valence-corrected chi connectivity index (χ1v) is 9.81. The van der Waals surface area contributed by atoms with Crippen molar-refractivity contribution in [2.75, 3.05) is 19.7 Å². The first-order valence-electron chi connectivity index (χ1n) is 9.43. The number of nitrogens with zero attached hydrogens (tertiary/aromatic N) is 1. The molecule has 1 amide bonds. The van der Waals surface area contributed by atoms with Crippen molar-refractivity contribution in [1.82, 2.24) is 10.2 Å². The fraction of sp³-hybridized carbons (Fsp3) is 0.318. The van der Waals surface area contributed by atoms with Crippen LogP contribution in [-0.2, 0) is 11.3 Å². The molecule has 4 nitrogen and oxygen atoms in total. The van der Waals surface area contributed by atoms with Crippen LogP contribution in [0.5, 0.6) is 0 Å². The SMILES string of the molecule is CCOC(=O)N1CCC(=C2C=CC(Cl)=CC3=C2c2ccccc2CN3)CC1. The van der Waals surface area contributed by atoms with E-state index in [1.807, 2.05) is 19.1 Å². The van der Waals surface area contributed by atoms with E-state index in [4.69, 9.17) is 16.3 Å². The van der Waals surface area contributed by atoms with Crippen LogP contribution in [0.3, 0.4) is 0 Å². The van der Waals surface area contributed by atoms with Gasteiger partial charge in [0.2, 0.25) is 0 Å². The third-order valence-electron chi connectivity index (χ3n) is 5.26. The summed E-state index contributed by atoms with van der Waals surface area (Å²) in [6.07, 6.45) is 7.56. The molecule has 0 unspecified atom stereocenters. The summed E-state index contributed by atoms with van der Waals surface area (Å²) in [7, 11) is 0. The number of halogens is 1. The Balaban J connectivity index is 1.71. The van der Waals surface area contributed by atoms with E-state index in [0.29, 0.717) is 24.7 Å². The first-order chi connectivity index (χ1) is 13.2. The van der Waals surface area contributed by atoms with Crippen LogP contribution < -0.4 is 5.32 Å². The van der Waals surface area contributed by atoms with Gasteiger partial charge in [0, 0.05) is 35.9 Å². The molecule has 2 heterocycles. The molecule has 0 aromatic heterocycles. The number of carbonyl (C=O) groups is 1. The Morgan fingerprint density at radius 1 is 1.22 bits per heavy atom. The molecule has 0 atom stereocenters. The van der Waals surface area contributed by atoms with E-state index in [1.54, 1.807) is 4.90 Å². The number of carbonyl (C=O) groups excluding carboxylic acids is 1. The van der Waals surface area contributed by atoms with Gasteiger partial charge in [-0.3, -0.25) is 0 Å². The minimum Gasteiger partial charge on any atom is -0.450 e. The molecule has 140 valence electrons. The Morgan fingerprint density at radius 3 is 2.78 bits per heavy atom. The average Bonchev–Trinajstić information content (AvgIpc) is 2.87. The van der Waals surface area contributed by atoms with E-state index in [1.165, 1.54) is 27.8 Å². The second kappa shape index (κ2) is 7.65. The van der Waals surface area contributed by atoms with Gasteiger partial charge in [0.15, 0.2) is 0 Å². The summed E-state index contributed by atoms with van der Waals surface area (Å²) in [5, 5.41) is 4.24. The van der Waals surface area contributed by atoms with Crippen LogP contribution in [0.4, 0.5) is 4.79 Å². The monoisotopic (exact) mass is 382 g/mol. The van der Waals surface area contributed by atoms with Gasteiger partial charge in [0.1, 0.15) is 0 Å². The Labute approximate surface area is 164 Å². The van der Waals surface area contributed by atoms with Crippen LogP contribution in [0, 0.1) is 0 Å². The third-order valence-corrected chi connectivity index (χ3v) is 5.50. The number of likely N-dealkylation sites (tertiary alicyclic amines) is 1. The van der Waals surface area contributed by atoms with Gasteiger partial charge in [0.05, 0.1) is 6.61 Å². The lowest BCUT2D eigenvalue weighted by Gasteiger charge is -2.31. The molecule has 4 rings (SSSR count). The minimum atomic E-state index is -0.216. The average molecular weight is 383 g/mol. The summed E-state index contributed by atoms with van der Waals surface area (Å²) in [4.78, 5) is 13.8. The molecule has 1 N–H and O–H groups in total. The van der Waals surface area contributed by atoms with Crippen molar-refractivity contribution in [2.24, 2.45) is 0 Å². The number of piperidine rings is 1. The van der Waals surface area contributed by atoms with E-state index in [-0.39, 0.29) is 6.09 Å². The van der Waals surface area contributed by atoms with Crippen molar-refractivity contribution >= 4 is 23.3 Å². The number of fused-ring (bicyclic) bond motifs is 2. The maximum absolute atomic E-state index is 12.0. The highest BCUT2D eigenvalue weighted by molar-refractivity contribution is 6.31. The second-order valence-electron chi connectivity index (χ2n) is 6.87. The Kier molecular flexibility index (Phi) is 5.08. The fourth-order valence-electron chi connectivity index (χ4n) is 3.93. The Bertz CT molecular complexity index is 885. The number of ether oxygens (including phenoxy) is 1. The molecule has 1 aromatic rings. The number of allylic oxidation sites excluding steroid dienone is 6. The van der Waals surface area contributed by atoms with Crippen molar-refractivity contribution in [3.63, 3.8) is 0 Å². The standard InChI is InChI=1S/C22H23ClN2O2/c1-2-27-22(26)25-11-9-15(10-12-25)19-8-7-17(23)13-20-21(19)18-6-4-3-5-16(18)14-24-20/h3-8,13,24H,2,9-12,14H2,1H3. The van der Waals surface area contributed by atoms with E-state index in [2.05, 4.69) is 35.7 Å². The van der Waals surface area contributed by atoms with Gasteiger partial charge in [-0.15, -0.1) is 0 Å². The van der Waals surface area contributed by atoms with Crippen LogP contribution in [0.15, 0.2) is 64.4 Å². The summed E-state index contributed by atoms with van der Waals surface area (Å²) in [5.41, 5.74) is 7.41. The van der Waals surface area contributed by atoms with Gasteiger partial charge in [0.25, 0.3) is 0 Å². The van der Waals surface area contributed by atoms with Gasteiger partial charge in [-0.2, -0.15) is 0 Å². The smallest absolute Gasteiger partial charge is 0.409 e. The molecule has 1 aromatic carbocycles. The molecule has 5 heteroatoms. The van der Waals surface area contributed by atoms with Crippen LogP contribution in [0.25, 0.3) is 5.57 Å². The fourth-order valence-corrected chi connectivity index (χ4v) is 4.10. The topological polar surface area (TPSA) is 41.6 Å². The second-order valence-corrected chi connectivity index (χ2v) is 7.30. The Hall–Kier alpha value is -2.46. The molecule has 1 fully saturated rings. The summed E-state index contributed by atoms with van der Waals surface area (Å²) in [6.45, 7) is 4.42. The van der Waals surface area contributed by atoms with E-state index < -0.39 is 0 Å². The van der Waals surface area contributed by atoms with Crippen molar-refractivity contribution in [1.29, 1.82) is 0 Å². The number of hydrogen-bond acceptors (Lipinski definition) is 3. The van der Waals surface area contributed by atoms with Crippen molar-refractivity contribution in [2.45, 2.75) is 26.3 Å². The van der Waals surface area contributed by atoms with Crippen molar-refractivity contribution in [3.05, 3.63) is 75.5 Å². The van der Waals surface area contributed by atoms with Crippen LogP contribution in [0.1, 0.15) is 30.9 Å². The summed E-state index contributed by atoms with van der Waals surface area (Å²) < 4.78 is 5.14. The molecule has 0 bridgehead atoms. The third kappa shape index (κ3) is 3.54. The number of hydrogen-bond donors (Lipinski definition) is 1. The van der Waals surface area contributed by atoms with Gasteiger partial charge in [-0.05, 0) is 48.6 Å². The maximum atomic E-state index is 12.0. The molecule has 2 aliphatic heterocycles. The molecule has 0 radical (unpaired) electrons. The molecule has 3 aliphatic rings. The van der Waals surface area contributed by atoms with E-state index in [9.17, 15) is 4.79 Å². The molecule has 1 saturated heterocycles. The molecule has 1 aliphatic carbocycles. The number of benzene rings is 1. The highest BCUT2D eigenvalue weighted by Gasteiger charge is 2.26. The minimum absolute atomic E-state index is 0.216. The predicted octanol–water partition coefficient (Wildman–Crippen LogP) is 4.74. The number of amides is 1. The van der Waals surface area contributed by atoms with Crippen molar-refractivity contribution in [3.8, 4) is 0 Å². The van der Waals surface area contributed by atoms with Gasteiger partial charge >= 0.3 is 6.09 Å². The summed E-state index contributed by atoms with van der Waals surface area (Å²) in [5.74, 6) is 0. The predicted molar refractivity (Wildman–Crippen MR) is 108 cm³/mol. The Morgan fingerprint density at radius 2 is 2.00 bits per heavy atom. The van der Waals surface area contributed by atoms with Gasteiger partial charge in [-0.25, -0.2) is 4.79 Å². The largest absolute Gasteiger partial charge is 0.450 e. The highest BCUT2D eigenvalue weighted by Crippen LogP contribution is 2.39. The zero-order chi connectivity index (χ0) is 18.8. The molecule has 0 spiro atoms. The normalized spacial score (nSPS) is 19.0. The number of nitrogens with one attached hydrogen (secondary N) is 1.